The van der Waals surface area contributed by atoms with Crippen LogP contribution in [-0.2, 0) is 11.3 Å². The van der Waals surface area contributed by atoms with E-state index < -0.39 is 0 Å². The molecule has 1 aromatic heterocycles. The van der Waals surface area contributed by atoms with Gasteiger partial charge in [0.1, 0.15) is 18.0 Å². The van der Waals surface area contributed by atoms with Gasteiger partial charge in [0, 0.05) is 18.0 Å². The number of rotatable bonds is 5. The quantitative estimate of drug-likeness (QED) is 0.755. The standard InChI is InChI=1S/C19H15ClN2O3/c20-14-6-11-19(24)22(12-14)13-18(23)21-15-7-9-17(10-8-15)25-16-4-2-1-3-5-16/h1-12H,13H2,(H,21,23). The van der Waals surface area contributed by atoms with Gasteiger partial charge in [-0.05, 0) is 42.5 Å². The SMILES string of the molecule is O=C(Cn1cc(Cl)ccc1=O)Nc1ccc(Oc2ccccc2)cc1. The summed E-state index contributed by atoms with van der Waals surface area (Å²) in [5, 5.41) is 3.13. The van der Waals surface area contributed by atoms with Gasteiger partial charge in [-0.3, -0.25) is 9.59 Å². The van der Waals surface area contributed by atoms with Gasteiger partial charge in [-0.15, -0.1) is 0 Å². The number of para-hydroxylation sites is 1. The lowest BCUT2D eigenvalue weighted by molar-refractivity contribution is -0.116. The zero-order valence-corrected chi connectivity index (χ0v) is 13.9. The molecule has 0 radical (unpaired) electrons. The normalized spacial score (nSPS) is 10.3. The number of hydrogen-bond acceptors (Lipinski definition) is 3. The van der Waals surface area contributed by atoms with Crippen molar-refractivity contribution in [1.29, 1.82) is 0 Å². The molecule has 1 N–H and O–H groups in total. The predicted molar refractivity (Wildman–Crippen MR) is 97.3 cm³/mol. The molecule has 1 heterocycles. The molecule has 0 saturated heterocycles. The highest BCUT2D eigenvalue weighted by molar-refractivity contribution is 6.30. The summed E-state index contributed by atoms with van der Waals surface area (Å²) in [7, 11) is 0. The van der Waals surface area contributed by atoms with Crippen LogP contribution in [0.3, 0.4) is 0 Å². The number of carbonyl (C=O) groups excluding carboxylic acids is 1. The number of pyridine rings is 1. The van der Waals surface area contributed by atoms with E-state index in [4.69, 9.17) is 16.3 Å². The highest BCUT2D eigenvalue weighted by Crippen LogP contribution is 2.22. The second kappa shape index (κ2) is 7.68. The molecule has 3 rings (SSSR count). The average Bonchev–Trinajstić information content (AvgIpc) is 2.61. The molecule has 0 aliphatic heterocycles. The summed E-state index contributed by atoms with van der Waals surface area (Å²) in [6, 6.07) is 19.2. The fourth-order valence-electron chi connectivity index (χ4n) is 2.21. The van der Waals surface area contributed by atoms with E-state index in [1.807, 2.05) is 30.3 Å². The van der Waals surface area contributed by atoms with Crippen LogP contribution in [0, 0.1) is 0 Å². The lowest BCUT2D eigenvalue weighted by Crippen LogP contribution is -2.26. The van der Waals surface area contributed by atoms with Crippen LogP contribution in [0.25, 0.3) is 0 Å². The van der Waals surface area contributed by atoms with Crippen LogP contribution in [-0.4, -0.2) is 10.5 Å². The maximum atomic E-state index is 12.1. The molecular formula is C19H15ClN2O3. The molecule has 3 aromatic rings. The summed E-state index contributed by atoms with van der Waals surface area (Å²) in [4.78, 5) is 23.8. The minimum atomic E-state index is -0.318. The Morgan fingerprint density at radius 3 is 2.36 bits per heavy atom. The van der Waals surface area contributed by atoms with Gasteiger partial charge in [-0.2, -0.15) is 0 Å². The van der Waals surface area contributed by atoms with Crippen molar-refractivity contribution in [2.45, 2.75) is 6.54 Å². The van der Waals surface area contributed by atoms with Crippen molar-refractivity contribution < 1.29 is 9.53 Å². The molecule has 25 heavy (non-hydrogen) atoms. The van der Waals surface area contributed by atoms with Crippen molar-refractivity contribution in [2.24, 2.45) is 0 Å². The molecule has 0 bridgehead atoms. The first kappa shape index (κ1) is 16.8. The maximum absolute atomic E-state index is 12.1. The molecule has 6 heteroatoms. The number of anilines is 1. The first-order valence-corrected chi connectivity index (χ1v) is 7.97. The molecule has 0 aliphatic rings. The summed E-state index contributed by atoms with van der Waals surface area (Å²) in [5.74, 6) is 1.08. The first-order valence-electron chi connectivity index (χ1n) is 7.59. The molecule has 0 aliphatic carbocycles. The number of halogens is 1. The van der Waals surface area contributed by atoms with Crippen molar-refractivity contribution >= 4 is 23.2 Å². The fraction of sp³-hybridized carbons (Fsp3) is 0.0526. The molecule has 0 fully saturated rings. The van der Waals surface area contributed by atoms with Gasteiger partial charge in [0.2, 0.25) is 5.91 Å². The van der Waals surface area contributed by atoms with Gasteiger partial charge < -0.3 is 14.6 Å². The molecule has 0 saturated carbocycles. The molecule has 126 valence electrons. The van der Waals surface area contributed by atoms with Gasteiger partial charge in [0.25, 0.3) is 5.56 Å². The van der Waals surface area contributed by atoms with Gasteiger partial charge in [0.15, 0.2) is 0 Å². The number of hydrogen-bond donors (Lipinski definition) is 1. The van der Waals surface area contributed by atoms with E-state index in [9.17, 15) is 9.59 Å². The van der Waals surface area contributed by atoms with Crippen LogP contribution in [0.15, 0.2) is 77.7 Å². The van der Waals surface area contributed by atoms with E-state index >= 15 is 0 Å². The number of nitrogens with one attached hydrogen (secondary N) is 1. The third-order valence-corrected chi connectivity index (χ3v) is 3.60. The average molecular weight is 355 g/mol. The fourth-order valence-corrected chi connectivity index (χ4v) is 2.39. The Hall–Kier alpha value is -3.05. The molecule has 2 aromatic carbocycles. The Balaban J connectivity index is 1.62. The van der Waals surface area contributed by atoms with Crippen molar-refractivity contribution in [3.05, 3.63) is 88.3 Å². The molecular weight excluding hydrogens is 340 g/mol. The Kier molecular flexibility index (Phi) is 5.16. The van der Waals surface area contributed by atoms with E-state index in [2.05, 4.69) is 5.32 Å². The van der Waals surface area contributed by atoms with E-state index in [1.54, 1.807) is 24.3 Å². The number of carbonyl (C=O) groups is 1. The molecule has 1 amide bonds. The minimum Gasteiger partial charge on any atom is -0.457 e. The first-order chi connectivity index (χ1) is 12.1. The molecule has 0 spiro atoms. The monoisotopic (exact) mass is 354 g/mol. The third kappa shape index (κ3) is 4.71. The van der Waals surface area contributed by atoms with Crippen molar-refractivity contribution in [3.8, 4) is 11.5 Å². The Bertz CT molecular complexity index is 921. The summed E-state index contributed by atoms with van der Waals surface area (Å²) >= 11 is 5.84. The van der Waals surface area contributed by atoms with E-state index in [0.717, 1.165) is 5.75 Å². The van der Waals surface area contributed by atoms with Crippen LogP contribution in [0.4, 0.5) is 5.69 Å². The van der Waals surface area contributed by atoms with Gasteiger partial charge >= 0.3 is 0 Å². The van der Waals surface area contributed by atoms with Crippen LogP contribution < -0.4 is 15.6 Å². The van der Waals surface area contributed by atoms with Crippen LogP contribution in [0.1, 0.15) is 0 Å². The topological polar surface area (TPSA) is 60.3 Å². The van der Waals surface area contributed by atoms with Crippen molar-refractivity contribution in [2.75, 3.05) is 5.32 Å². The zero-order chi connectivity index (χ0) is 17.6. The number of aromatic nitrogens is 1. The van der Waals surface area contributed by atoms with Crippen LogP contribution in [0.2, 0.25) is 5.02 Å². The van der Waals surface area contributed by atoms with Gasteiger partial charge in [-0.1, -0.05) is 29.8 Å². The molecule has 0 atom stereocenters. The minimum absolute atomic E-state index is 0.109. The largest absolute Gasteiger partial charge is 0.457 e. The Morgan fingerprint density at radius 1 is 0.960 bits per heavy atom. The number of ether oxygens (including phenoxy) is 1. The summed E-state index contributed by atoms with van der Waals surface area (Å²) in [6.07, 6.45) is 1.43. The second-order valence-electron chi connectivity index (χ2n) is 5.30. The predicted octanol–water partition coefficient (Wildman–Crippen LogP) is 3.93. The van der Waals surface area contributed by atoms with Crippen molar-refractivity contribution in [1.82, 2.24) is 4.57 Å². The Labute approximate surface area is 149 Å². The van der Waals surface area contributed by atoms with Gasteiger partial charge in [-0.25, -0.2) is 0 Å². The molecule has 5 nitrogen and oxygen atoms in total. The lowest BCUT2D eigenvalue weighted by Gasteiger charge is -2.09. The number of nitrogens with zero attached hydrogens (tertiary/aromatic N) is 1. The third-order valence-electron chi connectivity index (χ3n) is 3.38. The van der Waals surface area contributed by atoms with Crippen molar-refractivity contribution in [3.63, 3.8) is 0 Å². The van der Waals surface area contributed by atoms with E-state index in [1.165, 1.54) is 22.9 Å². The Morgan fingerprint density at radius 2 is 1.64 bits per heavy atom. The second-order valence-corrected chi connectivity index (χ2v) is 5.74. The smallest absolute Gasteiger partial charge is 0.251 e. The van der Waals surface area contributed by atoms with E-state index in [-0.39, 0.29) is 18.0 Å². The van der Waals surface area contributed by atoms with Crippen LogP contribution in [0.5, 0.6) is 11.5 Å². The summed E-state index contributed by atoms with van der Waals surface area (Å²) < 4.78 is 6.94. The molecule has 0 unspecified atom stereocenters. The van der Waals surface area contributed by atoms with Gasteiger partial charge in [0.05, 0.1) is 5.02 Å². The van der Waals surface area contributed by atoms with Crippen LogP contribution >= 0.6 is 11.6 Å². The summed E-state index contributed by atoms with van der Waals surface area (Å²) in [6.45, 7) is -0.109. The highest BCUT2D eigenvalue weighted by Gasteiger charge is 2.06. The maximum Gasteiger partial charge on any atom is 0.251 e. The summed E-state index contributed by atoms with van der Waals surface area (Å²) in [5.41, 5.74) is 0.326. The number of amides is 1. The number of benzene rings is 2. The highest BCUT2D eigenvalue weighted by atomic mass is 35.5. The van der Waals surface area contributed by atoms with E-state index in [0.29, 0.717) is 16.5 Å². The zero-order valence-electron chi connectivity index (χ0n) is 13.2. The lowest BCUT2D eigenvalue weighted by atomic mass is 10.3.